The maximum Gasteiger partial charge on any atom is 0.331 e. The topological polar surface area (TPSA) is 203 Å². The van der Waals surface area contributed by atoms with Gasteiger partial charge in [0.1, 0.15) is 11.6 Å². The van der Waals surface area contributed by atoms with Gasteiger partial charge in [0.2, 0.25) is 15.9 Å². The van der Waals surface area contributed by atoms with E-state index in [9.17, 15) is 33.2 Å². The summed E-state index contributed by atoms with van der Waals surface area (Å²) in [4.78, 5) is 35.2. The van der Waals surface area contributed by atoms with Gasteiger partial charge in [-0.3, -0.25) is 9.36 Å². The van der Waals surface area contributed by atoms with Crippen LogP contribution in [0.1, 0.15) is 63.5 Å². The van der Waals surface area contributed by atoms with Crippen LogP contribution in [0.2, 0.25) is 0 Å². The number of aromatic nitrogens is 1. The van der Waals surface area contributed by atoms with Crippen LogP contribution in [0.25, 0.3) is 0 Å². The molecule has 2 rings (SSSR count). The van der Waals surface area contributed by atoms with Gasteiger partial charge in [-0.1, -0.05) is 46.3 Å². The SMILES string of the molecule is C=C(CCN(CCC(=C)C(=O)O)S(=O)(=O)c1ccc(/N=N/c2c(C)c(C#N)c(=O)n(CC(CC)CCCC)c2O)cc1)C(=O)O. The Labute approximate surface area is 262 Å². The van der Waals surface area contributed by atoms with E-state index in [2.05, 4.69) is 30.3 Å². The Morgan fingerprint density at radius 2 is 1.60 bits per heavy atom. The molecule has 0 saturated heterocycles. The molecular weight excluding hydrogens is 602 g/mol. The number of nitriles is 1. The third kappa shape index (κ3) is 9.44. The summed E-state index contributed by atoms with van der Waals surface area (Å²) in [6.07, 6.45) is 3.18. The van der Waals surface area contributed by atoms with E-state index in [-0.39, 0.29) is 76.9 Å². The number of aliphatic carboxylic acids is 2. The Balaban J connectivity index is 2.42. The minimum absolute atomic E-state index is 0.0586. The first kappa shape index (κ1) is 36.6. The zero-order chi connectivity index (χ0) is 33.9. The lowest BCUT2D eigenvalue weighted by molar-refractivity contribution is -0.133. The average Bonchev–Trinajstić information content (AvgIpc) is 3.00. The van der Waals surface area contributed by atoms with Gasteiger partial charge in [-0.05, 0) is 56.4 Å². The van der Waals surface area contributed by atoms with Crippen LogP contribution in [0.5, 0.6) is 5.88 Å². The minimum Gasteiger partial charge on any atom is -0.493 e. The molecule has 0 saturated carbocycles. The van der Waals surface area contributed by atoms with E-state index in [4.69, 9.17) is 10.2 Å². The van der Waals surface area contributed by atoms with E-state index in [1.54, 1.807) is 0 Å². The van der Waals surface area contributed by atoms with Crippen LogP contribution in [0.4, 0.5) is 11.4 Å². The minimum atomic E-state index is -4.20. The Morgan fingerprint density at radius 1 is 1.04 bits per heavy atom. The van der Waals surface area contributed by atoms with Crippen molar-refractivity contribution in [1.82, 2.24) is 8.87 Å². The largest absolute Gasteiger partial charge is 0.493 e. The number of carboxylic acid groups (broad SMARTS) is 2. The van der Waals surface area contributed by atoms with Crippen LogP contribution < -0.4 is 5.56 Å². The molecule has 14 heteroatoms. The number of sulfonamides is 1. The molecule has 0 aliphatic heterocycles. The summed E-state index contributed by atoms with van der Waals surface area (Å²) in [7, 11) is -4.20. The predicted molar refractivity (Wildman–Crippen MR) is 167 cm³/mol. The molecular formula is C31H39N5O8S. The molecule has 1 heterocycles. The van der Waals surface area contributed by atoms with Crippen molar-refractivity contribution in [3.63, 3.8) is 0 Å². The fourth-order valence-electron chi connectivity index (χ4n) is 4.43. The lowest BCUT2D eigenvalue weighted by Gasteiger charge is -2.22. The average molecular weight is 642 g/mol. The van der Waals surface area contributed by atoms with Gasteiger partial charge in [0.25, 0.3) is 5.56 Å². The van der Waals surface area contributed by atoms with E-state index in [1.165, 1.54) is 31.2 Å². The first-order valence-electron chi connectivity index (χ1n) is 14.4. The number of unbranched alkanes of at least 4 members (excludes halogenated alkanes) is 1. The first-order valence-corrected chi connectivity index (χ1v) is 15.8. The zero-order valence-corrected chi connectivity index (χ0v) is 26.5. The van der Waals surface area contributed by atoms with Crippen molar-refractivity contribution in [2.45, 2.75) is 70.7 Å². The van der Waals surface area contributed by atoms with Crippen LogP contribution in [-0.2, 0) is 26.2 Å². The van der Waals surface area contributed by atoms with Gasteiger partial charge in [-0.15, -0.1) is 5.11 Å². The summed E-state index contributed by atoms with van der Waals surface area (Å²) in [6.45, 7) is 12.1. The molecule has 0 bridgehead atoms. The van der Waals surface area contributed by atoms with Gasteiger partial charge < -0.3 is 15.3 Å². The Kier molecular flexibility index (Phi) is 13.4. The van der Waals surface area contributed by atoms with Crippen molar-refractivity contribution in [3.05, 3.63) is 70.1 Å². The number of rotatable bonds is 18. The number of hydrogen-bond acceptors (Lipinski definition) is 9. The quantitative estimate of drug-likeness (QED) is 0.140. The van der Waals surface area contributed by atoms with E-state index in [1.807, 2.05) is 13.0 Å². The number of azo groups is 1. The molecule has 2 aromatic rings. The molecule has 1 aromatic carbocycles. The molecule has 13 nitrogen and oxygen atoms in total. The number of pyridine rings is 1. The predicted octanol–water partition coefficient (Wildman–Crippen LogP) is 5.42. The fraction of sp³-hybridized carbons (Fsp3) is 0.419. The van der Waals surface area contributed by atoms with Crippen molar-refractivity contribution < 1.29 is 33.3 Å². The molecule has 0 fully saturated rings. The van der Waals surface area contributed by atoms with Crippen molar-refractivity contribution in [1.29, 1.82) is 5.26 Å². The van der Waals surface area contributed by atoms with Gasteiger partial charge in [-0.2, -0.15) is 14.7 Å². The van der Waals surface area contributed by atoms with Gasteiger partial charge >= 0.3 is 11.9 Å². The Bertz CT molecular complexity index is 1640. The van der Waals surface area contributed by atoms with Crippen molar-refractivity contribution in [2.24, 2.45) is 16.1 Å². The third-order valence-electron chi connectivity index (χ3n) is 7.42. The van der Waals surface area contributed by atoms with E-state index >= 15 is 0 Å². The van der Waals surface area contributed by atoms with Crippen LogP contribution in [0.3, 0.4) is 0 Å². The lowest BCUT2D eigenvalue weighted by Crippen LogP contribution is -2.34. The number of carbonyl (C=O) groups is 2. The first-order chi connectivity index (χ1) is 21.2. The highest BCUT2D eigenvalue weighted by Crippen LogP contribution is 2.33. The summed E-state index contributed by atoms with van der Waals surface area (Å²) in [6, 6.07) is 7.10. The maximum absolute atomic E-state index is 13.4. The standard InChI is InChI=1S/C31H39N5O8S/c1-6-8-9-23(7-2)19-36-28(37)26(18-32)22(5)27(29(36)38)34-33-24-10-12-25(13-11-24)45(43,44)35(16-14-20(3)30(39)40)17-15-21(4)31(41)42/h10-13,23,38H,3-4,6-9,14-17,19H2,1-2,5H3,(H,39,40)(H,41,42)/b34-33+. The zero-order valence-electron chi connectivity index (χ0n) is 25.7. The van der Waals surface area contributed by atoms with E-state index < -0.39 is 33.4 Å². The number of benzene rings is 1. The van der Waals surface area contributed by atoms with Crippen LogP contribution in [-0.4, -0.2) is 57.6 Å². The Morgan fingerprint density at radius 3 is 2.07 bits per heavy atom. The number of carboxylic acids is 2. The number of aromatic hydroxyl groups is 1. The monoisotopic (exact) mass is 641 g/mol. The molecule has 1 aromatic heterocycles. The molecule has 242 valence electrons. The second-order valence-electron chi connectivity index (χ2n) is 10.5. The van der Waals surface area contributed by atoms with Crippen LogP contribution in [0, 0.1) is 24.2 Å². The summed E-state index contributed by atoms with van der Waals surface area (Å²) in [5.41, 5.74) is -0.899. The molecule has 1 atom stereocenters. The van der Waals surface area contributed by atoms with Crippen molar-refractivity contribution in [2.75, 3.05) is 13.1 Å². The molecule has 0 aliphatic rings. The normalized spacial score (nSPS) is 12.2. The Hall–Kier alpha value is -4.61. The number of hydrogen-bond donors (Lipinski definition) is 3. The maximum atomic E-state index is 13.4. The van der Waals surface area contributed by atoms with Crippen molar-refractivity contribution in [3.8, 4) is 11.9 Å². The highest BCUT2D eigenvalue weighted by Gasteiger charge is 2.26. The van der Waals surface area contributed by atoms with Gasteiger partial charge in [0.05, 0.1) is 10.6 Å². The highest BCUT2D eigenvalue weighted by molar-refractivity contribution is 7.89. The van der Waals surface area contributed by atoms with Crippen molar-refractivity contribution >= 4 is 33.3 Å². The van der Waals surface area contributed by atoms with Crippen LogP contribution >= 0.6 is 0 Å². The third-order valence-corrected chi connectivity index (χ3v) is 9.34. The number of nitrogens with zero attached hydrogens (tertiary/aromatic N) is 5. The molecule has 0 radical (unpaired) electrons. The lowest BCUT2D eigenvalue weighted by atomic mass is 9.99. The molecule has 45 heavy (non-hydrogen) atoms. The second kappa shape index (κ2) is 16.5. The summed E-state index contributed by atoms with van der Waals surface area (Å²) in [5.74, 6) is -2.88. The molecule has 0 amide bonds. The second-order valence-corrected chi connectivity index (χ2v) is 12.5. The van der Waals surface area contributed by atoms with Gasteiger partial charge in [-0.25, -0.2) is 18.0 Å². The molecule has 0 spiro atoms. The molecule has 0 aliphatic carbocycles. The van der Waals surface area contributed by atoms with E-state index in [0.717, 1.165) is 34.6 Å². The molecule has 3 N–H and O–H groups in total. The van der Waals surface area contributed by atoms with Crippen LogP contribution in [0.15, 0.2) is 68.5 Å². The highest BCUT2D eigenvalue weighted by atomic mass is 32.2. The summed E-state index contributed by atoms with van der Waals surface area (Å²) >= 11 is 0. The fourth-order valence-corrected chi connectivity index (χ4v) is 5.87. The summed E-state index contributed by atoms with van der Waals surface area (Å²) in [5, 5.41) is 47.1. The van der Waals surface area contributed by atoms with Gasteiger partial charge in [0.15, 0.2) is 5.69 Å². The van der Waals surface area contributed by atoms with E-state index in [0.29, 0.717) is 0 Å². The summed E-state index contributed by atoms with van der Waals surface area (Å²) < 4.78 is 28.9. The smallest absolute Gasteiger partial charge is 0.331 e. The van der Waals surface area contributed by atoms with Gasteiger partial charge in [0, 0.05) is 36.3 Å². The molecule has 1 unspecified atom stereocenters.